The van der Waals surface area contributed by atoms with E-state index in [1.54, 1.807) is 0 Å². The van der Waals surface area contributed by atoms with Gasteiger partial charge in [0, 0.05) is 17.9 Å². The van der Waals surface area contributed by atoms with E-state index in [1.165, 1.54) is 0 Å². The van der Waals surface area contributed by atoms with Crippen LogP contribution in [0.5, 0.6) is 11.5 Å². The Morgan fingerprint density at radius 2 is 1.68 bits per heavy atom. The van der Waals surface area contributed by atoms with Crippen LogP contribution in [-0.2, 0) is 0 Å². The van der Waals surface area contributed by atoms with Gasteiger partial charge in [-0.05, 0) is 44.0 Å². The molecular formula is C16H25NO2. The molecule has 0 aliphatic heterocycles. The third kappa shape index (κ3) is 2.57. The Kier molecular flexibility index (Phi) is 4.35. The molecule has 1 aliphatic carbocycles. The summed E-state index contributed by atoms with van der Waals surface area (Å²) in [6, 6.07) is 8.14. The van der Waals surface area contributed by atoms with Crippen LogP contribution in [0.15, 0.2) is 24.3 Å². The van der Waals surface area contributed by atoms with Crippen LogP contribution in [0.25, 0.3) is 0 Å². The average molecular weight is 263 g/mol. The van der Waals surface area contributed by atoms with Crippen molar-refractivity contribution in [3.8, 4) is 11.5 Å². The van der Waals surface area contributed by atoms with Gasteiger partial charge in [-0.3, -0.25) is 0 Å². The molecule has 2 unspecified atom stereocenters. The predicted molar refractivity (Wildman–Crippen MR) is 77.6 cm³/mol. The van der Waals surface area contributed by atoms with E-state index in [0.717, 1.165) is 30.8 Å². The summed E-state index contributed by atoms with van der Waals surface area (Å²) in [5.41, 5.74) is 6.34. The summed E-state index contributed by atoms with van der Waals surface area (Å²) < 4.78 is 11.5. The third-order valence-electron chi connectivity index (χ3n) is 4.58. The number of hydrogen-bond acceptors (Lipinski definition) is 3. The fraction of sp³-hybridized carbons (Fsp3) is 0.625. The van der Waals surface area contributed by atoms with Crippen LogP contribution in [0.4, 0.5) is 0 Å². The number of hydrogen-bond donors (Lipinski definition) is 1. The first-order valence-corrected chi connectivity index (χ1v) is 7.31. The summed E-state index contributed by atoms with van der Waals surface area (Å²) in [5, 5.41) is 0. The molecule has 106 valence electrons. The summed E-state index contributed by atoms with van der Waals surface area (Å²) in [4.78, 5) is 0. The van der Waals surface area contributed by atoms with E-state index in [2.05, 4.69) is 13.8 Å². The van der Waals surface area contributed by atoms with Crippen molar-refractivity contribution in [2.75, 3.05) is 6.61 Å². The quantitative estimate of drug-likeness (QED) is 0.855. The molecule has 2 atom stereocenters. The lowest BCUT2D eigenvalue weighted by Gasteiger charge is -2.53. The Hall–Kier alpha value is -1.22. The SMILES string of the molecule is CCOc1ccc(OC2CC(N)C2(CC)CC)cc1. The predicted octanol–water partition coefficient (Wildman–Crippen LogP) is 3.37. The van der Waals surface area contributed by atoms with Gasteiger partial charge >= 0.3 is 0 Å². The Morgan fingerprint density at radius 3 is 2.16 bits per heavy atom. The molecule has 1 aromatic rings. The zero-order chi connectivity index (χ0) is 13.9. The number of rotatable bonds is 6. The highest BCUT2D eigenvalue weighted by atomic mass is 16.5. The lowest BCUT2D eigenvalue weighted by Crippen LogP contribution is -2.62. The van der Waals surface area contributed by atoms with Crippen molar-refractivity contribution < 1.29 is 9.47 Å². The molecular weight excluding hydrogens is 238 g/mol. The second kappa shape index (κ2) is 5.83. The lowest BCUT2D eigenvalue weighted by atomic mass is 9.59. The largest absolute Gasteiger partial charge is 0.494 e. The molecule has 1 fully saturated rings. The molecule has 0 radical (unpaired) electrons. The maximum atomic E-state index is 6.19. The average Bonchev–Trinajstić information content (AvgIpc) is 2.42. The molecule has 1 aromatic carbocycles. The molecule has 0 aromatic heterocycles. The highest BCUT2D eigenvalue weighted by molar-refractivity contribution is 5.32. The summed E-state index contributed by atoms with van der Waals surface area (Å²) in [6.07, 6.45) is 3.35. The van der Waals surface area contributed by atoms with Crippen molar-refractivity contribution in [1.29, 1.82) is 0 Å². The van der Waals surface area contributed by atoms with Crippen molar-refractivity contribution in [3.63, 3.8) is 0 Å². The molecule has 1 aliphatic rings. The number of benzene rings is 1. The zero-order valence-electron chi connectivity index (χ0n) is 12.2. The molecule has 3 nitrogen and oxygen atoms in total. The van der Waals surface area contributed by atoms with Crippen LogP contribution in [0.3, 0.4) is 0 Å². The minimum Gasteiger partial charge on any atom is -0.494 e. The number of nitrogens with two attached hydrogens (primary N) is 1. The highest BCUT2D eigenvalue weighted by Crippen LogP contribution is 2.47. The molecule has 0 spiro atoms. The normalized spacial score (nSPS) is 24.6. The summed E-state index contributed by atoms with van der Waals surface area (Å²) >= 11 is 0. The van der Waals surface area contributed by atoms with Gasteiger partial charge in [-0.1, -0.05) is 13.8 Å². The highest BCUT2D eigenvalue weighted by Gasteiger charge is 2.52. The van der Waals surface area contributed by atoms with Crippen LogP contribution < -0.4 is 15.2 Å². The Labute approximate surface area is 116 Å². The molecule has 3 heteroatoms. The fourth-order valence-corrected chi connectivity index (χ4v) is 3.12. The second-order valence-electron chi connectivity index (χ2n) is 5.29. The molecule has 19 heavy (non-hydrogen) atoms. The van der Waals surface area contributed by atoms with Gasteiger partial charge in [0.05, 0.1) is 6.61 Å². The van der Waals surface area contributed by atoms with Crippen molar-refractivity contribution in [3.05, 3.63) is 24.3 Å². The van der Waals surface area contributed by atoms with Gasteiger partial charge in [-0.2, -0.15) is 0 Å². The van der Waals surface area contributed by atoms with E-state index in [-0.39, 0.29) is 17.6 Å². The van der Waals surface area contributed by atoms with Gasteiger partial charge in [0.15, 0.2) is 0 Å². The summed E-state index contributed by atoms with van der Waals surface area (Å²) in [7, 11) is 0. The van der Waals surface area contributed by atoms with Crippen molar-refractivity contribution >= 4 is 0 Å². The Bertz CT molecular complexity index is 398. The Morgan fingerprint density at radius 1 is 1.11 bits per heavy atom. The minimum absolute atomic E-state index is 0.151. The van der Waals surface area contributed by atoms with Gasteiger partial charge < -0.3 is 15.2 Å². The standard InChI is InChI=1S/C16H25NO2/c1-4-16(5-2)14(17)11-15(16)19-13-9-7-12(8-10-13)18-6-3/h7-10,14-15H,4-6,11,17H2,1-3H3. The molecule has 1 saturated carbocycles. The van der Waals surface area contributed by atoms with E-state index in [0.29, 0.717) is 6.61 Å². The molecule has 0 amide bonds. The van der Waals surface area contributed by atoms with E-state index in [4.69, 9.17) is 15.2 Å². The van der Waals surface area contributed by atoms with Crippen LogP contribution in [0.2, 0.25) is 0 Å². The van der Waals surface area contributed by atoms with E-state index < -0.39 is 0 Å². The second-order valence-corrected chi connectivity index (χ2v) is 5.29. The van der Waals surface area contributed by atoms with Gasteiger partial charge in [-0.25, -0.2) is 0 Å². The smallest absolute Gasteiger partial charge is 0.120 e. The molecule has 0 saturated heterocycles. The van der Waals surface area contributed by atoms with Gasteiger partial charge in [0.2, 0.25) is 0 Å². The maximum absolute atomic E-state index is 6.19. The van der Waals surface area contributed by atoms with Crippen molar-refractivity contribution in [2.24, 2.45) is 11.1 Å². The minimum atomic E-state index is 0.151. The lowest BCUT2D eigenvalue weighted by molar-refractivity contribution is -0.0722. The monoisotopic (exact) mass is 263 g/mol. The molecule has 2 N–H and O–H groups in total. The van der Waals surface area contributed by atoms with Crippen LogP contribution in [0.1, 0.15) is 40.0 Å². The van der Waals surface area contributed by atoms with E-state index in [1.807, 2.05) is 31.2 Å². The van der Waals surface area contributed by atoms with Crippen molar-refractivity contribution in [2.45, 2.75) is 52.2 Å². The summed E-state index contributed by atoms with van der Waals surface area (Å²) in [6.45, 7) is 7.08. The van der Waals surface area contributed by atoms with E-state index in [9.17, 15) is 0 Å². The zero-order valence-corrected chi connectivity index (χ0v) is 12.2. The van der Waals surface area contributed by atoms with E-state index >= 15 is 0 Å². The fourth-order valence-electron chi connectivity index (χ4n) is 3.12. The van der Waals surface area contributed by atoms with Crippen LogP contribution >= 0.6 is 0 Å². The molecule has 0 bridgehead atoms. The first kappa shape index (κ1) is 14.2. The van der Waals surface area contributed by atoms with Gasteiger partial charge in [0.25, 0.3) is 0 Å². The van der Waals surface area contributed by atoms with Crippen molar-refractivity contribution in [1.82, 2.24) is 0 Å². The third-order valence-corrected chi connectivity index (χ3v) is 4.58. The number of ether oxygens (including phenoxy) is 2. The first-order chi connectivity index (χ1) is 9.16. The topological polar surface area (TPSA) is 44.5 Å². The molecule has 0 heterocycles. The maximum Gasteiger partial charge on any atom is 0.120 e. The van der Waals surface area contributed by atoms with Gasteiger partial charge in [0.1, 0.15) is 17.6 Å². The van der Waals surface area contributed by atoms with Crippen LogP contribution in [-0.4, -0.2) is 18.8 Å². The molecule has 2 rings (SSSR count). The first-order valence-electron chi connectivity index (χ1n) is 7.31. The Balaban J connectivity index is 2.01. The van der Waals surface area contributed by atoms with Gasteiger partial charge in [-0.15, -0.1) is 0 Å². The summed E-state index contributed by atoms with van der Waals surface area (Å²) in [5.74, 6) is 1.80. The van der Waals surface area contributed by atoms with Crippen LogP contribution in [0, 0.1) is 5.41 Å².